The maximum atomic E-state index is 8.35. The number of benzene rings is 2. The van der Waals surface area contributed by atoms with Gasteiger partial charge >= 0.3 is 0 Å². The summed E-state index contributed by atoms with van der Waals surface area (Å²) in [5.74, 6) is 0. The van der Waals surface area contributed by atoms with E-state index in [1.165, 1.54) is 56.9 Å². The van der Waals surface area contributed by atoms with Crippen molar-refractivity contribution in [1.82, 2.24) is 0 Å². The van der Waals surface area contributed by atoms with Crippen molar-refractivity contribution >= 4 is 15.9 Å². The quantitative estimate of drug-likeness (QED) is 0.0338. The van der Waals surface area contributed by atoms with E-state index in [1.54, 1.807) is 0 Å². The first kappa shape index (κ1) is 47.8. The molecule has 0 bridgehead atoms. The summed E-state index contributed by atoms with van der Waals surface area (Å²) < 4.78 is -0.0455. The van der Waals surface area contributed by atoms with Crippen LogP contribution < -0.4 is 0 Å². The van der Waals surface area contributed by atoms with E-state index in [9.17, 15) is 0 Å². The fraction of sp³-hybridized carbons (Fsp3) is 0.727. The fourth-order valence-corrected chi connectivity index (χ4v) is 6.29. The predicted octanol–water partition coefficient (Wildman–Crippen LogP) is 13.3. The molecule has 0 fully saturated rings. The molecule has 53 heavy (non-hydrogen) atoms. The van der Waals surface area contributed by atoms with Gasteiger partial charge in [0.15, 0.2) is 0 Å². The minimum Gasteiger partial charge on any atom is -0.252 e. The molecule has 1 N–H and O–H groups in total. The van der Waals surface area contributed by atoms with E-state index < -0.39 is 16.8 Å². The largest absolute Gasteiger partial charge is 0.252 e. The minimum atomic E-state index is -0.561. The molecule has 0 radical (unpaired) electrons. The number of unbranched alkanes of at least 4 members (excludes halogenated alkanes) is 14. The average molecular weight is 810 g/mol. The molecule has 2 rings (SSSR count). The van der Waals surface area contributed by atoms with E-state index in [2.05, 4.69) is 83.2 Å². The summed E-state index contributed by atoms with van der Waals surface area (Å²) >= 11 is 3.72. The van der Waals surface area contributed by atoms with Gasteiger partial charge in [0, 0.05) is 4.32 Å². The highest BCUT2D eigenvalue weighted by Gasteiger charge is 2.27. The van der Waals surface area contributed by atoms with Gasteiger partial charge in [-0.15, -0.1) is 0 Å². The summed E-state index contributed by atoms with van der Waals surface area (Å²) in [6.45, 7) is 18.7. The molecular weight excluding hydrogens is 736 g/mol. The van der Waals surface area contributed by atoms with Crippen LogP contribution in [-0.4, -0.2) is 31.7 Å². The van der Waals surface area contributed by atoms with Crippen molar-refractivity contribution in [2.75, 3.05) is 26.4 Å². The lowest BCUT2D eigenvalue weighted by atomic mass is 9.92. The van der Waals surface area contributed by atoms with Gasteiger partial charge in [0.05, 0.1) is 26.4 Å². The lowest BCUT2D eigenvalue weighted by Gasteiger charge is -2.27. The normalized spacial score (nSPS) is 12.9. The molecule has 0 aliphatic rings. The average Bonchev–Trinajstić information content (AvgIpc) is 3.12. The lowest BCUT2D eigenvalue weighted by molar-refractivity contribution is -0.359. The van der Waals surface area contributed by atoms with Crippen LogP contribution >= 0.6 is 15.9 Å². The van der Waals surface area contributed by atoms with Crippen molar-refractivity contribution in [1.29, 1.82) is 0 Å². The number of hydrogen-bond donors (Lipinski definition) is 1. The van der Waals surface area contributed by atoms with Crippen LogP contribution in [0.3, 0.4) is 0 Å². The number of alkyl halides is 1. The lowest BCUT2D eigenvalue weighted by Crippen LogP contribution is -2.24. The zero-order valence-corrected chi connectivity index (χ0v) is 36.0. The number of rotatable bonds is 32. The van der Waals surface area contributed by atoms with E-state index in [1.807, 2.05) is 41.5 Å². The fourth-order valence-electron chi connectivity index (χ4n) is 6.02. The Hall–Kier alpha value is -1.40. The van der Waals surface area contributed by atoms with Gasteiger partial charge in [0.2, 0.25) is 0 Å². The van der Waals surface area contributed by atoms with E-state index in [4.69, 9.17) is 34.6 Å². The number of hydrogen-bond acceptors (Lipinski definition) is 8. The SMILES string of the molecule is CC(C)(Br)c1ccc(C(C)(C)OOCCCCCCCCCCOOC(C)(C)c2ccc(C(C)(C)OOCCCCCCCCCCOO)cc2)cc1. The smallest absolute Gasteiger partial charge is 0.123 e. The van der Waals surface area contributed by atoms with E-state index >= 15 is 0 Å². The van der Waals surface area contributed by atoms with Crippen molar-refractivity contribution in [3.8, 4) is 0 Å². The van der Waals surface area contributed by atoms with Crippen LogP contribution in [0.2, 0.25) is 0 Å². The molecule has 0 unspecified atom stereocenters. The van der Waals surface area contributed by atoms with E-state index in [-0.39, 0.29) is 4.32 Å². The zero-order chi connectivity index (χ0) is 39.1. The Kier molecular flexibility index (Phi) is 23.2. The molecule has 2 aromatic rings. The molecule has 0 aliphatic heterocycles. The van der Waals surface area contributed by atoms with E-state index in [0.29, 0.717) is 26.4 Å². The van der Waals surface area contributed by atoms with E-state index in [0.717, 1.165) is 68.1 Å². The van der Waals surface area contributed by atoms with Crippen LogP contribution in [0.4, 0.5) is 0 Å². The van der Waals surface area contributed by atoms with Crippen LogP contribution in [0.1, 0.15) is 180 Å². The highest BCUT2D eigenvalue weighted by Crippen LogP contribution is 2.33. The first-order valence-electron chi connectivity index (χ1n) is 20.3. The van der Waals surface area contributed by atoms with Crippen LogP contribution in [-0.2, 0) is 55.3 Å². The molecule has 0 aliphatic carbocycles. The highest BCUT2D eigenvalue weighted by molar-refractivity contribution is 9.09. The molecule has 0 atom stereocenters. The summed E-state index contributed by atoms with van der Waals surface area (Å²) in [7, 11) is 0. The molecule has 0 saturated heterocycles. The van der Waals surface area contributed by atoms with Gasteiger partial charge in [-0.3, -0.25) is 5.26 Å². The van der Waals surface area contributed by atoms with Gasteiger partial charge in [-0.2, -0.15) is 0 Å². The van der Waals surface area contributed by atoms with Crippen LogP contribution in [0.5, 0.6) is 0 Å². The Bertz CT molecular complexity index is 1190. The molecule has 0 amide bonds. The first-order chi connectivity index (χ1) is 25.2. The molecule has 0 saturated carbocycles. The Labute approximate surface area is 330 Å². The summed E-state index contributed by atoms with van der Waals surface area (Å²) in [6, 6.07) is 16.8. The standard InChI is InChI=1S/C44H73BrO8/c1-41(2,45)37-25-27-38(28-26-37)42(3,4)51-48-34-23-19-15-11-12-16-20-24-36-50-53-44(7,8)40-31-29-39(30-32-40)43(5,6)52-49-35-22-18-14-10-9-13-17-21-33-47-46/h25-32,46H,9-24,33-36H2,1-8H3. The third kappa shape index (κ3) is 20.4. The summed E-state index contributed by atoms with van der Waals surface area (Å²) in [6.07, 6.45) is 18.2. The van der Waals surface area contributed by atoms with Crippen molar-refractivity contribution in [2.24, 2.45) is 0 Å². The Morgan fingerprint density at radius 1 is 0.377 bits per heavy atom. The topological polar surface area (TPSA) is 84.8 Å². The molecule has 0 heterocycles. The zero-order valence-electron chi connectivity index (χ0n) is 34.4. The van der Waals surface area contributed by atoms with Crippen molar-refractivity contribution in [3.05, 3.63) is 70.8 Å². The van der Waals surface area contributed by atoms with Gasteiger partial charge in [-0.1, -0.05) is 142 Å². The van der Waals surface area contributed by atoms with Crippen LogP contribution in [0.25, 0.3) is 0 Å². The third-order valence-electron chi connectivity index (χ3n) is 9.76. The van der Waals surface area contributed by atoms with Gasteiger partial charge in [-0.05, 0) is 103 Å². The maximum Gasteiger partial charge on any atom is 0.123 e. The summed E-state index contributed by atoms with van der Waals surface area (Å²) in [4.78, 5) is 38.4. The molecule has 8 nitrogen and oxygen atoms in total. The van der Waals surface area contributed by atoms with Gasteiger partial charge in [0.25, 0.3) is 0 Å². The second-order valence-corrected chi connectivity index (χ2v) is 18.3. The molecule has 304 valence electrons. The monoisotopic (exact) mass is 808 g/mol. The molecule has 0 spiro atoms. The third-order valence-corrected chi connectivity index (χ3v) is 10.2. The van der Waals surface area contributed by atoms with Crippen molar-refractivity contribution < 1.29 is 39.5 Å². The maximum absolute atomic E-state index is 8.35. The van der Waals surface area contributed by atoms with Gasteiger partial charge in [-0.25, -0.2) is 34.2 Å². The minimum absolute atomic E-state index is 0.0455. The summed E-state index contributed by atoms with van der Waals surface area (Å²) in [5.41, 5.74) is 2.82. The van der Waals surface area contributed by atoms with Crippen molar-refractivity contribution in [2.45, 2.75) is 179 Å². The van der Waals surface area contributed by atoms with Crippen LogP contribution in [0.15, 0.2) is 48.5 Å². The number of halogens is 1. The second kappa shape index (κ2) is 25.7. The second-order valence-electron chi connectivity index (χ2n) is 16.4. The van der Waals surface area contributed by atoms with Crippen LogP contribution in [0, 0.1) is 0 Å². The Morgan fingerprint density at radius 2 is 0.604 bits per heavy atom. The Morgan fingerprint density at radius 3 is 0.849 bits per heavy atom. The Balaban J connectivity index is 1.47. The first-order valence-corrected chi connectivity index (χ1v) is 21.1. The predicted molar refractivity (Wildman–Crippen MR) is 217 cm³/mol. The van der Waals surface area contributed by atoms with Crippen molar-refractivity contribution in [3.63, 3.8) is 0 Å². The van der Waals surface area contributed by atoms with Gasteiger partial charge < -0.3 is 0 Å². The summed E-state index contributed by atoms with van der Waals surface area (Å²) in [5, 5.41) is 8.35. The molecule has 0 aromatic heterocycles. The molecular formula is C44H73BrO8. The highest BCUT2D eigenvalue weighted by atomic mass is 79.9. The van der Waals surface area contributed by atoms with Gasteiger partial charge in [0.1, 0.15) is 16.8 Å². The molecule has 9 heteroatoms. The molecule has 2 aromatic carbocycles.